The molecule has 6 nitrogen and oxygen atoms in total. The molecule has 1 aliphatic heterocycles. The van der Waals surface area contributed by atoms with Gasteiger partial charge in [0.25, 0.3) is 0 Å². The van der Waals surface area contributed by atoms with Crippen molar-refractivity contribution in [1.29, 1.82) is 0 Å². The molecule has 0 bridgehead atoms. The van der Waals surface area contributed by atoms with Gasteiger partial charge in [0, 0.05) is 4.70 Å². The molecule has 0 saturated carbocycles. The Morgan fingerprint density at radius 1 is 0.474 bits per heavy atom. The molecular weight excluding hydrogens is 729 g/mol. The Hall–Kier alpha value is -5.12. The first-order valence-electron chi connectivity index (χ1n) is 19.7. The van der Waals surface area contributed by atoms with Gasteiger partial charge in [-0.2, -0.15) is 0 Å². The summed E-state index contributed by atoms with van der Waals surface area (Å²) in [7, 11) is 0. The number of ether oxygens (including phenoxy) is 6. The van der Waals surface area contributed by atoms with Gasteiger partial charge < -0.3 is 28.4 Å². The van der Waals surface area contributed by atoms with Gasteiger partial charge in [0.1, 0.15) is 30.2 Å². The van der Waals surface area contributed by atoms with E-state index in [1.165, 1.54) is 21.2 Å². The smallest absolute Gasteiger partial charge is 0.229 e. The van der Waals surface area contributed by atoms with E-state index in [0.29, 0.717) is 32.2 Å². The standard InChI is InChI=1S/C50H48O6S/c1-6-16-37(17-7-1)26-27-42-36-57-46-29-28-43(30-44(42)46)55-50-49(54-34-41-24-14-5-15-25-41)48(53-33-40-22-12-4-13-23-40)47(52-32-39-20-10-3-11-21-39)45(56-50)35-51-31-38-18-8-2-9-19-38/h1-25,28-30,36,45,47-50H,26-27,31-35H2/t45-,47-,48+,49-,50?/m1/s1. The fourth-order valence-corrected chi connectivity index (χ4v) is 8.21. The number of rotatable bonds is 18. The van der Waals surface area contributed by atoms with Crippen molar-refractivity contribution in [2.75, 3.05) is 6.61 Å². The summed E-state index contributed by atoms with van der Waals surface area (Å²) >= 11 is 1.76. The van der Waals surface area contributed by atoms with E-state index in [1.54, 1.807) is 11.3 Å². The predicted molar refractivity (Wildman–Crippen MR) is 226 cm³/mol. The molecule has 0 radical (unpaired) electrons. The van der Waals surface area contributed by atoms with E-state index in [1.807, 2.05) is 78.9 Å². The molecule has 7 heteroatoms. The summed E-state index contributed by atoms with van der Waals surface area (Å²) < 4.78 is 42.1. The Morgan fingerprint density at radius 2 is 0.965 bits per heavy atom. The molecule has 7 aromatic rings. The zero-order chi connectivity index (χ0) is 38.5. The lowest BCUT2D eigenvalue weighted by Gasteiger charge is -2.45. The summed E-state index contributed by atoms with van der Waals surface area (Å²) in [6.07, 6.45) is -1.24. The molecule has 0 N–H and O–H groups in total. The molecule has 0 amide bonds. The van der Waals surface area contributed by atoms with Gasteiger partial charge in [-0.05, 0) is 75.2 Å². The molecule has 57 heavy (non-hydrogen) atoms. The fraction of sp³-hybridized carbons (Fsp3) is 0.240. The Balaban J connectivity index is 1.11. The lowest BCUT2D eigenvalue weighted by atomic mass is 9.97. The monoisotopic (exact) mass is 776 g/mol. The summed E-state index contributed by atoms with van der Waals surface area (Å²) in [4.78, 5) is 0. The molecule has 1 unspecified atom stereocenters. The summed E-state index contributed by atoms with van der Waals surface area (Å²) in [5, 5.41) is 3.46. The molecule has 1 fully saturated rings. The van der Waals surface area contributed by atoms with Crippen LogP contribution in [0.3, 0.4) is 0 Å². The van der Waals surface area contributed by atoms with Crippen LogP contribution >= 0.6 is 11.3 Å². The van der Waals surface area contributed by atoms with Crippen LogP contribution in [0.15, 0.2) is 175 Å². The van der Waals surface area contributed by atoms with E-state index in [-0.39, 0.29) is 6.61 Å². The van der Waals surface area contributed by atoms with Crippen LogP contribution in [0.2, 0.25) is 0 Å². The summed E-state index contributed by atoms with van der Waals surface area (Å²) in [5.74, 6) is 0.703. The summed E-state index contributed by atoms with van der Waals surface area (Å²) in [5.41, 5.74) is 6.84. The Morgan fingerprint density at radius 3 is 1.53 bits per heavy atom. The molecule has 8 rings (SSSR count). The average molecular weight is 777 g/mol. The SMILES string of the molecule is c1ccc(CCc2csc3ccc(OC4O[C@H](COCc5ccccc5)[C@@H](OCc5ccccc5)[C@H](OCc5ccccc5)[C@H]4OCc4ccccc4)cc23)cc1. The van der Waals surface area contributed by atoms with Crippen molar-refractivity contribution in [3.8, 4) is 5.75 Å². The number of hydrogen-bond donors (Lipinski definition) is 0. The molecule has 5 atom stereocenters. The molecule has 0 spiro atoms. The van der Waals surface area contributed by atoms with Crippen LogP contribution in [-0.2, 0) is 63.0 Å². The summed E-state index contributed by atoms with van der Waals surface area (Å²) in [6.45, 7) is 1.76. The second-order valence-corrected chi connectivity index (χ2v) is 15.3. The van der Waals surface area contributed by atoms with Crippen LogP contribution in [0, 0.1) is 0 Å². The lowest BCUT2D eigenvalue weighted by Crippen LogP contribution is -2.62. The molecule has 290 valence electrons. The number of fused-ring (bicyclic) bond motifs is 1. The second-order valence-electron chi connectivity index (χ2n) is 14.3. The third-order valence-corrected chi connectivity index (χ3v) is 11.3. The number of aryl methyl sites for hydroxylation is 2. The Kier molecular flexibility index (Phi) is 13.5. The zero-order valence-electron chi connectivity index (χ0n) is 31.9. The van der Waals surface area contributed by atoms with Gasteiger partial charge in [0.15, 0.2) is 0 Å². The Bertz CT molecular complexity index is 2220. The maximum Gasteiger partial charge on any atom is 0.229 e. The van der Waals surface area contributed by atoms with Crippen LogP contribution in [0.25, 0.3) is 10.1 Å². The van der Waals surface area contributed by atoms with Gasteiger partial charge in [-0.1, -0.05) is 152 Å². The maximum atomic E-state index is 6.97. The highest BCUT2D eigenvalue weighted by molar-refractivity contribution is 7.17. The fourth-order valence-electron chi connectivity index (χ4n) is 7.23. The van der Waals surface area contributed by atoms with Crippen LogP contribution in [0.5, 0.6) is 5.75 Å². The van der Waals surface area contributed by atoms with E-state index in [4.69, 9.17) is 28.4 Å². The van der Waals surface area contributed by atoms with Crippen LogP contribution in [0.4, 0.5) is 0 Å². The minimum Gasteiger partial charge on any atom is -0.462 e. The van der Waals surface area contributed by atoms with Crippen molar-refractivity contribution >= 4 is 21.4 Å². The van der Waals surface area contributed by atoms with Gasteiger partial charge in [0.05, 0.1) is 33.0 Å². The van der Waals surface area contributed by atoms with Crippen molar-refractivity contribution in [1.82, 2.24) is 0 Å². The highest BCUT2D eigenvalue weighted by Crippen LogP contribution is 2.35. The predicted octanol–water partition coefficient (Wildman–Crippen LogP) is 10.8. The first-order chi connectivity index (χ1) is 28.2. The van der Waals surface area contributed by atoms with Crippen molar-refractivity contribution in [3.63, 3.8) is 0 Å². The van der Waals surface area contributed by atoms with E-state index in [0.717, 1.165) is 35.1 Å². The zero-order valence-corrected chi connectivity index (χ0v) is 32.8. The highest BCUT2D eigenvalue weighted by Gasteiger charge is 2.50. The topological polar surface area (TPSA) is 55.4 Å². The van der Waals surface area contributed by atoms with Gasteiger partial charge in [-0.25, -0.2) is 0 Å². The van der Waals surface area contributed by atoms with Gasteiger partial charge in [-0.3, -0.25) is 0 Å². The van der Waals surface area contributed by atoms with E-state index >= 15 is 0 Å². The van der Waals surface area contributed by atoms with Crippen LogP contribution in [0.1, 0.15) is 33.4 Å². The van der Waals surface area contributed by atoms with E-state index < -0.39 is 30.7 Å². The Labute approximate surface area is 339 Å². The van der Waals surface area contributed by atoms with E-state index in [2.05, 4.69) is 96.4 Å². The quantitative estimate of drug-likeness (QED) is 0.0865. The van der Waals surface area contributed by atoms with Crippen LogP contribution in [-0.4, -0.2) is 37.3 Å². The number of hydrogen-bond acceptors (Lipinski definition) is 7. The number of benzene rings is 6. The van der Waals surface area contributed by atoms with Crippen molar-refractivity contribution in [2.24, 2.45) is 0 Å². The largest absolute Gasteiger partial charge is 0.462 e. The molecule has 2 heterocycles. The molecule has 0 aliphatic carbocycles. The lowest BCUT2D eigenvalue weighted by molar-refractivity contribution is -0.310. The molecule has 6 aromatic carbocycles. The van der Waals surface area contributed by atoms with Crippen LogP contribution < -0.4 is 4.74 Å². The third-order valence-electron chi connectivity index (χ3n) is 10.2. The first kappa shape index (κ1) is 38.7. The highest BCUT2D eigenvalue weighted by atomic mass is 32.1. The van der Waals surface area contributed by atoms with Crippen molar-refractivity contribution < 1.29 is 28.4 Å². The van der Waals surface area contributed by atoms with Gasteiger partial charge in [-0.15, -0.1) is 11.3 Å². The minimum absolute atomic E-state index is 0.262. The summed E-state index contributed by atoms with van der Waals surface area (Å²) in [6, 6.07) is 57.6. The molecule has 1 saturated heterocycles. The maximum absolute atomic E-state index is 6.97. The van der Waals surface area contributed by atoms with Crippen molar-refractivity contribution in [2.45, 2.75) is 70.0 Å². The van der Waals surface area contributed by atoms with E-state index in [9.17, 15) is 0 Å². The molecular formula is C50H48O6S. The normalized spacial score (nSPS) is 19.4. The van der Waals surface area contributed by atoms with Crippen molar-refractivity contribution in [3.05, 3.63) is 209 Å². The third kappa shape index (κ3) is 10.6. The molecule has 1 aromatic heterocycles. The minimum atomic E-state index is -0.833. The van der Waals surface area contributed by atoms with Gasteiger partial charge >= 0.3 is 0 Å². The van der Waals surface area contributed by atoms with Gasteiger partial charge in [0.2, 0.25) is 6.29 Å². The number of thiophene rings is 1. The second kappa shape index (κ2) is 19.8. The molecule has 1 aliphatic rings. The first-order valence-corrected chi connectivity index (χ1v) is 20.6. The average Bonchev–Trinajstić information content (AvgIpc) is 3.68.